The Kier molecular flexibility index (Phi) is 4.06. The maximum absolute atomic E-state index is 14.1. The van der Waals surface area contributed by atoms with Crippen molar-refractivity contribution in [3.05, 3.63) is 48.0 Å². The summed E-state index contributed by atoms with van der Waals surface area (Å²) in [5, 5.41) is 6.55. The minimum Gasteiger partial charge on any atom is -0.492 e. The van der Waals surface area contributed by atoms with Crippen LogP contribution in [0.1, 0.15) is 6.42 Å². The molecule has 0 atom stereocenters. The molecule has 2 heterocycles. The molecular formula is C22H20F2N4O. The third kappa shape index (κ3) is 2.61. The highest BCUT2D eigenvalue weighted by atomic mass is 19.1. The number of anilines is 1. The van der Waals surface area contributed by atoms with Gasteiger partial charge in [-0.25, -0.2) is 8.78 Å². The van der Waals surface area contributed by atoms with Crippen molar-refractivity contribution in [2.24, 2.45) is 5.73 Å². The Morgan fingerprint density at radius 3 is 1.97 bits per heavy atom. The van der Waals surface area contributed by atoms with Gasteiger partial charge in [0.25, 0.3) is 0 Å². The van der Waals surface area contributed by atoms with E-state index in [2.05, 4.69) is 15.3 Å². The average molecular weight is 394 g/mol. The lowest BCUT2D eigenvalue weighted by atomic mass is 10.0. The van der Waals surface area contributed by atoms with Gasteiger partial charge in [0.15, 0.2) is 5.75 Å². The summed E-state index contributed by atoms with van der Waals surface area (Å²) < 4.78 is 33.9. The molecule has 3 aromatic carbocycles. The number of methoxy groups -OCH3 is 1. The Balaban J connectivity index is 2.00. The Morgan fingerprint density at radius 1 is 0.931 bits per heavy atom. The number of aromatic amines is 2. The van der Waals surface area contributed by atoms with E-state index in [1.54, 1.807) is 19.2 Å². The van der Waals surface area contributed by atoms with Crippen LogP contribution in [-0.4, -0.2) is 30.2 Å². The Bertz CT molecular complexity index is 1290. The van der Waals surface area contributed by atoms with Gasteiger partial charge in [-0.15, -0.1) is 0 Å². The Labute approximate surface area is 164 Å². The van der Waals surface area contributed by atoms with Crippen LogP contribution in [0.15, 0.2) is 36.4 Å². The van der Waals surface area contributed by atoms with E-state index in [0.29, 0.717) is 18.8 Å². The van der Waals surface area contributed by atoms with Crippen molar-refractivity contribution in [3.63, 3.8) is 0 Å². The highest BCUT2D eigenvalue weighted by molar-refractivity contribution is 6.29. The second-order valence-electron chi connectivity index (χ2n) is 7.11. The molecule has 0 aliphatic carbocycles. The summed E-state index contributed by atoms with van der Waals surface area (Å²) in [5.74, 6) is -0.0433. The van der Waals surface area contributed by atoms with Crippen LogP contribution in [-0.2, 0) is 0 Å². The lowest BCUT2D eigenvalue weighted by molar-refractivity contribution is 0.423. The predicted octanol–water partition coefficient (Wildman–Crippen LogP) is 5.00. The van der Waals surface area contributed by atoms with Crippen molar-refractivity contribution in [1.82, 2.24) is 9.97 Å². The summed E-state index contributed by atoms with van der Waals surface area (Å²) in [6, 6.07) is 9.26. The summed E-state index contributed by atoms with van der Waals surface area (Å²) >= 11 is 0. The van der Waals surface area contributed by atoms with Crippen LogP contribution in [0.4, 0.5) is 14.5 Å². The first-order valence-electron chi connectivity index (χ1n) is 9.48. The first-order valence-corrected chi connectivity index (χ1v) is 9.48. The van der Waals surface area contributed by atoms with E-state index in [0.717, 1.165) is 55.7 Å². The van der Waals surface area contributed by atoms with Gasteiger partial charge in [0, 0.05) is 39.1 Å². The van der Waals surface area contributed by atoms with E-state index < -0.39 is 0 Å². The number of nitrogens with one attached hydrogen (secondary N) is 3. The molecule has 29 heavy (non-hydrogen) atoms. The van der Waals surface area contributed by atoms with Crippen molar-refractivity contribution in [1.29, 1.82) is 0 Å². The molecule has 0 bridgehead atoms. The largest absolute Gasteiger partial charge is 0.492 e. The highest BCUT2D eigenvalue weighted by Crippen LogP contribution is 2.46. The zero-order chi connectivity index (χ0) is 20.1. The van der Waals surface area contributed by atoms with Crippen molar-refractivity contribution < 1.29 is 13.5 Å². The number of benzene rings is 3. The molecule has 0 fully saturated rings. The van der Waals surface area contributed by atoms with Crippen LogP contribution in [0, 0.1) is 11.6 Å². The number of hydrogen-bond donors (Lipinski definition) is 4. The van der Waals surface area contributed by atoms with E-state index in [1.807, 2.05) is 0 Å². The van der Waals surface area contributed by atoms with Gasteiger partial charge in [-0.2, -0.15) is 0 Å². The molecule has 0 spiro atoms. The number of fused-ring (bicyclic) bond motifs is 6. The van der Waals surface area contributed by atoms with Crippen LogP contribution in [0.2, 0.25) is 0 Å². The molecule has 5 rings (SSSR count). The van der Waals surface area contributed by atoms with Gasteiger partial charge in [-0.1, -0.05) is 0 Å². The molecule has 0 saturated heterocycles. The molecule has 0 radical (unpaired) electrons. The van der Waals surface area contributed by atoms with Crippen LogP contribution in [0.3, 0.4) is 0 Å². The number of rotatable bonds is 5. The molecule has 5 nitrogen and oxygen atoms in total. The molecule has 0 aliphatic heterocycles. The number of halogens is 2. The lowest BCUT2D eigenvalue weighted by Gasteiger charge is -2.13. The van der Waals surface area contributed by atoms with Crippen LogP contribution < -0.4 is 15.8 Å². The Morgan fingerprint density at radius 2 is 1.48 bits per heavy atom. The van der Waals surface area contributed by atoms with Gasteiger partial charge in [-0.3, -0.25) is 0 Å². The minimum atomic E-state index is -0.324. The van der Waals surface area contributed by atoms with E-state index in [4.69, 9.17) is 10.5 Å². The van der Waals surface area contributed by atoms with Gasteiger partial charge in [0.2, 0.25) is 0 Å². The minimum absolute atomic E-state index is 0.324. The lowest BCUT2D eigenvalue weighted by Crippen LogP contribution is -2.09. The molecule has 0 amide bonds. The van der Waals surface area contributed by atoms with E-state index in [1.165, 1.54) is 24.3 Å². The first kappa shape index (κ1) is 17.8. The topological polar surface area (TPSA) is 78.9 Å². The number of ether oxygens (including phenoxy) is 1. The molecule has 0 unspecified atom stereocenters. The smallest absolute Gasteiger partial charge is 0.167 e. The third-order valence-corrected chi connectivity index (χ3v) is 5.36. The van der Waals surface area contributed by atoms with Crippen molar-refractivity contribution in [2.45, 2.75) is 6.42 Å². The maximum Gasteiger partial charge on any atom is 0.167 e. The molecule has 148 valence electrons. The normalized spacial score (nSPS) is 11.9. The predicted molar refractivity (Wildman–Crippen MR) is 114 cm³/mol. The summed E-state index contributed by atoms with van der Waals surface area (Å²) in [4.78, 5) is 6.71. The second kappa shape index (κ2) is 6.63. The molecule has 7 heteroatoms. The maximum atomic E-state index is 14.1. The van der Waals surface area contributed by atoms with Gasteiger partial charge in [0.05, 0.1) is 23.8 Å². The SMILES string of the molecule is COc1c2[nH]c3ccc(F)cc3c2c(NCCCN)c2c1[nH]c1ccc(F)cc12. The zero-order valence-electron chi connectivity index (χ0n) is 15.8. The van der Waals surface area contributed by atoms with Crippen molar-refractivity contribution >= 4 is 49.3 Å². The molecule has 0 saturated carbocycles. The summed E-state index contributed by atoms with van der Waals surface area (Å²) in [7, 11) is 1.59. The monoisotopic (exact) mass is 394 g/mol. The van der Waals surface area contributed by atoms with E-state index in [-0.39, 0.29) is 11.6 Å². The van der Waals surface area contributed by atoms with Crippen LogP contribution >= 0.6 is 0 Å². The summed E-state index contributed by atoms with van der Waals surface area (Å²) in [6.45, 7) is 1.18. The van der Waals surface area contributed by atoms with Crippen LogP contribution in [0.5, 0.6) is 5.75 Å². The van der Waals surface area contributed by atoms with Gasteiger partial charge >= 0.3 is 0 Å². The standard InChI is InChI=1S/C22H20F2N4O/c1-29-22-20-17(13-9-11(23)3-5-15(13)27-20)19(26-8-2-7-25)18-14-10-12(24)4-6-16(14)28-21(18)22/h3-6,9-10,26-28H,2,7-8,25H2,1H3. The van der Waals surface area contributed by atoms with Gasteiger partial charge in [0.1, 0.15) is 11.6 Å². The van der Waals surface area contributed by atoms with Crippen molar-refractivity contribution in [3.8, 4) is 5.75 Å². The fraction of sp³-hybridized carbons (Fsp3) is 0.182. The molecular weight excluding hydrogens is 374 g/mol. The second-order valence-corrected chi connectivity index (χ2v) is 7.11. The number of aromatic nitrogens is 2. The fourth-order valence-electron chi connectivity index (χ4n) is 4.13. The number of hydrogen-bond acceptors (Lipinski definition) is 3. The summed E-state index contributed by atoms with van der Waals surface area (Å²) in [5.41, 5.74) is 9.57. The molecule has 2 aromatic heterocycles. The fourth-order valence-corrected chi connectivity index (χ4v) is 4.13. The average Bonchev–Trinajstić information content (AvgIpc) is 3.26. The molecule has 0 aliphatic rings. The third-order valence-electron chi connectivity index (χ3n) is 5.36. The molecule has 5 N–H and O–H groups in total. The summed E-state index contributed by atoms with van der Waals surface area (Å²) in [6.07, 6.45) is 0.766. The first-order chi connectivity index (χ1) is 14.1. The zero-order valence-corrected chi connectivity index (χ0v) is 15.8. The number of nitrogens with two attached hydrogens (primary N) is 1. The quantitative estimate of drug-likeness (QED) is 0.317. The number of H-pyrrole nitrogens is 2. The van der Waals surface area contributed by atoms with E-state index >= 15 is 0 Å². The van der Waals surface area contributed by atoms with Crippen molar-refractivity contribution in [2.75, 3.05) is 25.5 Å². The molecule has 5 aromatic rings. The van der Waals surface area contributed by atoms with E-state index in [9.17, 15) is 8.78 Å². The Hall–Kier alpha value is -3.32. The van der Waals surface area contributed by atoms with Crippen LogP contribution in [0.25, 0.3) is 43.6 Å². The van der Waals surface area contributed by atoms with Gasteiger partial charge < -0.3 is 25.8 Å². The highest BCUT2D eigenvalue weighted by Gasteiger charge is 2.22. The van der Waals surface area contributed by atoms with Gasteiger partial charge in [-0.05, 0) is 49.4 Å².